The molecule has 0 radical (unpaired) electrons. The summed E-state index contributed by atoms with van der Waals surface area (Å²) in [5, 5.41) is 5.81. The van der Waals surface area contributed by atoms with Crippen molar-refractivity contribution in [2.45, 2.75) is 26.8 Å². The second-order valence-electron chi connectivity index (χ2n) is 6.85. The summed E-state index contributed by atoms with van der Waals surface area (Å²) in [4.78, 5) is 24.7. The van der Waals surface area contributed by atoms with Crippen LogP contribution >= 0.6 is 0 Å². The van der Waals surface area contributed by atoms with Gasteiger partial charge in [-0.2, -0.15) is 0 Å². The molecule has 1 fully saturated rings. The van der Waals surface area contributed by atoms with Gasteiger partial charge in [0.25, 0.3) is 0 Å². The number of carbonyl (C=O) groups is 2. The van der Waals surface area contributed by atoms with Crippen LogP contribution in [0.25, 0.3) is 0 Å². The van der Waals surface area contributed by atoms with Gasteiger partial charge in [0.2, 0.25) is 11.8 Å². The Hall–Kier alpha value is -2.82. The molecule has 2 aromatic rings. The third kappa shape index (κ3) is 4.23. The zero-order chi connectivity index (χ0) is 18.7. The van der Waals surface area contributed by atoms with Crippen LogP contribution in [0.15, 0.2) is 42.5 Å². The predicted molar refractivity (Wildman–Crippen MR) is 101 cm³/mol. The molecule has 1 aliphatic rings. The molecule has 2 aromatic carbocycles. The molecule has 2 amide bonds. The van der Waals surface area contributed by atoms with Crippen molar-refractivity contribution in [3.63, 3.8) is 0 Å². The molecule has 0 bridgehead atoms. The lowest BCUT2D eigenvalue weighted by atomic mass is 10.1. The first-order valence-corrected chi connectivity index (χ1v) is 8.76. The van der Waals surface area contributed by atoms with Gasteiger partial charge in [-0.1, -0.05) is 35.9 Å². The van der Waals surface area contributed by atoms with E-state index in [1.54, 1.807) is 7.11 Å². The molecule has 5 nitrogen and oxygen atoms in total. The zero-order valence-electron chi connectivity index (χ0n) is 15.3. The maximum Gasteiger partial charge on any atom is 0.228 e. The van der Waals surface area contributed by atoms with Crippen LogP contribution in [0, 0.1) is 25.7 Å². The van der Waals surface area contributed by atoms with Crippen LogP contribution in [-0.2, 0) is 16.1 Å². The maximum atomic E-state index is 12.4. The van der Waals surface area contributed by atoms with Gasteiger partial charge in [0.1, 0.15) is 5.75 Å². The smallest absolute Gasteiger partial charge is 0.228 e. The van der Waals surface area contributed by atoms with Crippen molar-refractivity contribution >= 4 is 17.5 Å². The molecule has 136 valence electrons. The van der Waals surface area contributed by atoms with Gasteiger partial charge in [-0.25, -0.2) is 0 Å². The molecule has 2 N–H and O–H groups in total. The largest absolute Gasteiger partial charge is 0.495 e. The predicted octanol–water partition coefficient (Wildman–Crippen LogP) is 3.20. The van der Waals surface area contributed by atoms with Crippen molar-refractivity contribution in [2.75, 3.05) is 12.4 Å². The number of hydrogen-bond acceptors (Lipinski definition) is 3. The number of rotatable bonds is 6. The van der Waals surface area contributed by atoms with Crippen LogP contribution < -0.4 is 15.4 Å². The first kappa shape index (κ1) is 18.0. The number of methoxy groups -OCH3 is 1. The standard InChI is InChI=1S/C21H24N2O3/c1-13-5-4-6-15(9-13)12-22-20(24)16-11-17(16)21(25)23-18-10-14(2)7-8-19(18)26-3/h4-10,16-17H,11-12H2,1-3H3,(H,22,24)(H,23,25). The summed E-state index contributed by atoms with van der Waals surface area (Å²) < 4.78 is 5.28. The molecule has 0 saturated heterocycles. The van der Waals surface area contributed by atoms with Crippen LogP contribution in [0.5, 0.6) is 5.75 Å². The number of carbonyl (C=O) groups excluding carboxylic acids is 2. The van der Waals surface area contributed by atoms with E-state index in [9.17, 15) is 9.59 Å². The fourth-order valence-corrected chi connectivity index (χ4v) is 3.06. The van der Waals surface area contributed by atoms with Crippen molar-refractivity contribution in [1.82, 2.24) is 5.32 Å². The van der Waals surface area contributed by atoms with Gasteiger partial charge >= 0.3 is 0 Å². The zero-order valence-corrected chi connectivity index (χ0v) is 15.3. The Labute approximate surface area is 153 Å². The highest BCUT2D eigenvalue weighted by Crippen LogP contribution is 2.40. The molecule has 1 aliphatic carbocycles. The van der Waals surface area contributed by atoms with Gasteiger partial charge in [0, 0.05) is 6.54 Å². The third-order valence-corrected chi connectivity index (χ3v) is 4.63. The van der Waals surface area contributed by atoms with Crippen LogP contribution in [0.3, 0.4) is 0 Å². The maximum absolute atomic E-state index is 12.4. The van der Waals surface area contributed by atoms with Crippen molar-refractivity contribution < 1.29 is 14.3 Å². The minimum atomic E-state index is -0.280. The fourth-order valence-electron chi connectivity index (χ4n) is 3.06. The van der Waals surface area contributed by atoms with Crippen LogP contribution in [0.1, 0.15) is 23.1 Å². The van der Waals surface area contributed by atoms with Crippen molar-refractivity contribution in [1.29, 1.82) is 0 Å². The summed E-state index contributed by atoms with van der Waals surface area (Å²) >= 11 is 0. The van der Waals surface area contributed by atoms with E-state index in [1.807, 2.05) is 56.3 Å². The first-order valence-electron chi connectivity index (χ1n) is 8.76. The molecule has 5 heteroatoms. The lowest BCUT2D eigenvalue weighted by Gasteiger charge is -2.11. The summed E-state index contributed by atoms with van der Waals surface area (Å²) in [5.41, 5.74) is 3.89. The Morgan fingerprint density at radius 3 is 2.50 bits per heavy atom. The van der Waals surface area contributed by atoms with Gasteiger partial charge in [-0.3, -0.25) is 9.59 Å². The SMILES string of the molecule is COc1ccc(C)cc1NC(=O)C1CC1C(=O)NCc1cccc(C)c1. The molecule has 0 aliphatic heterocycles. The minimum Gasteiger partial charge on any atom is -0.495 e. The quantitative estimate of drug-likeness (QED) is 0.839. The molecule has 2 unspecified atom stereocenters. The average molecular weight is 352 g/mol. The van der Waals surface area contributed by atoms with E-state index >= 15 is 0 Å². The normalized spacial score (nSPS) is 18.1. The number of hydrogen-bond donors (Lipinski definition) is 2. The molecule has 26 heavy (non-hydrogen) atoms. The lowest BCUT2D eigenvalue weighted by Crippen LogP contribution is -2.27. The minimum absolute atomic E-state index is 0.0668. The highest BCUT2D eigenvalue weighted by molar-refractivity contribution is 6.00. The fraction of sp³-hybridized carbons (Fsp3) is 0.333. The Bertz CT molecular complexity index is 832. The Morgan fingerprint density at radius 2 is 1.77 bits per heavy atom. The van der Waals surface area contributed by atoms with E-state index in [1.165, 1.54) is 0 Å². The summed E-state index contributed by atoms with van der Waals surface area (Å²) in [5.74, 6) is -0.120. The van der Waals surface area contributed by atoms with E-state index in [0.29, 0.717) is 24.4 Å². The second-order valence-corrected chi connectivity index (χ2v) is 6.85. The molecule has 0 spiro atoms. The van der Waals surface area contributed by atoms with E-state index in [0.717, 1.165) is 16.7 Å². The van der Waals surface area contributed by atoms with Gasteiger partial charge in [-0.05, 0) is 43.5 Å². The van der Waals surface area contributed by atoms with E-state index in [4.69, 9.17) is 4.74 Å². The average Bonchev–Trinajstić information content (AvgIpc) is 3.41. The summed E-state index contributed by atoms with van der Waals surface area (Å²) in [7, 11) is 1.57. The highest BCUT2D eigenvalue weighted by Gasteiger charge is 2.48. The number of ether oxygens (including phenoxy) is 1. The van der Waals surface area contributed by atoms with E-state index in [2.05, 4.69) is 10.6 Å². The van der Waals surface area contributed by atoms with Gasteiger partial charge in [0.05, 0.1) is 24.6 Å². The van der Waals surface area contributed by atoms with E-state index in [-0.39, 0.29) is 23.7 Å². The molecule has 3 rings (SSSR count). The third-order valence-electron chi connectivity index (χ3n) is 4.63. The number of anilines is 1. The van der Waals surface area contributed by atoms with Gasteiger partial charge < -0.3 is 15.4 Å². The molecule has 0 aromatic heterocycles. The summed E-state index contributed by atoms with van der Waals surface area (Å²) in [6.07, 6.45) is 0.583. The first-order chi connectivity index (χ1) is 12.5. The number of nitrogens with one attached hydrogen (secondary N) is 2. The van der Waals surface area contributed by atoms with Crippen molar-refractivity contribution in [2.24, 2.45) is 11.8 Å². The van der Waals surface area contributed by atoms with Crippen LogP contribution in [-0.4, -0.2) is 18.9 Å². The Kier molecular flexibility index (Phi) is 5.26. The van der Waals surface area contributed by atoms with Crippen molar-refractivity contribution in [3.8, 4) is 5.75 Å². The highest BCUT2D eigenvalue weighted by atomic mass is 16.5. The monoisotopic (exact) mass is 352 g/mol. The van der Waals surface area contributed by atoms with Gasteiger partial charge in [0.15, 0.2) is 0 Å². The number of amides is 2. The van der Waals surface area contributed by atoms with Crippen LogP contribution in [0.4, 0.5) is 5.69 Å². The lowest BCUT2D eigenvalue weighted by molar-refractivity contribution is -0.125. The van der Waals surface area contributed by atoms with Gasteiger partial charge in [-0.15, -0.1) is 0 Å². The Balaban J connectivity index is 1.54. The number of benzene rings is 2. The molecular formula is C21H24N2O3. The van der Waals surface area contributed by atoms with Crippen LogP contribution in [0.2, 0.25) is 0 Å². The summed E-state index contributed by atoms with van der Waals surface area (Å²) in [6.45, 7) is 4.46. The topological polar surface area (TPSA) is 67.4 Å². The molecular weight excluding hydrogens is 328 g/mol. The van der Waals surface area contributed by atoms with Crippen molar-refractivity contribution in [3.05, 3.63) is 59.2 Å². The summed E-state index contributed by atoms with van der Waals surface area (Å²) in [6, 6.07) is 13.6. The molecule has 2 atom stereocenters. The molecule has 0 heterocycles. The Morgan fingerprint density at radius 1 is 1.04 bits per heavy atom. The van der Waals surface area contributed by atoms with E-state index < -0.39 is 0 Å². The number of aryl methyl sites for hydroxylation is 2. The second kappa shape index (κ2) is 7.60. The molecule has 1 saturated carbocycles.